The zero-order valence-electron chi connectivity index (χ0n) is 14.1. The minimum absolute atomic E-state index is 0. The van der Waals surface area contributed by atoms with Crippen LogP contribution in [0.15, 0.2) is 53.1 Å². The summed E-state index contributed by atoms with van der Waals surface area (Å²) >= 11 is 0. The molecule has 0 bridgehead atoms. The number of rotatable bonds is 4. The van der Waals surface area contributed by atoms with Gasteiger partial charge in [0.25, 0.3) is 0 Å². The number of hydrogen-bond acceptors (Lipinski definition) is 4. The molecule has 4 nitrogen and oxygen atoms in total. The standard InChI is InChI=1S/C19H21N3O.ClH/c1-13-6-4-5-7-16(13)19(2,3)18-21-17(22-23-18)15-10-8-14(12-20)9-11-15;/h4-11H,12,20H2,1-3H3;1H. The predicted molar refractivity (Wildman–Crippen MR) is 98.2 cm³/mol. The van der Waals surface area contributed by atoms with E-state index in [1.807, 2.05) is 36.4 Å². The normalized spacial score (nSPS) is 11.2. The Labute approximate surface area is 148 Å². The average molecular weight is 344 g/mol. The third-order valence-electron chi connectivity index (χ3n) is 4.23. The first-order valence-electron chi connectivity index (χ1n) is 7.72. The second-order valence-electron chi connectivity index (χ2n) is 6.26. The molecule has 0 unspecified atom stereocenters. The van der Waals surface area contributed by atoms with E-state index in [4.69, 9.17) is 10.3 Å². The van der Waals surface area contributed by atoms with Gasteiger partial charge in [-0.3, -0.25) is 0 Å². The van der Waals surface area contributed by atoms with Crippen molar-refractivity contribution in [1.82, 2.24) is 10.1 Å². The Balaban J connectivity index is 0.00000208. The highest BCUT2D eigenvalue weighted by molar-refractivity contribution is 5.85. The summed E-state index contributed by atoms with van der Waals surface area (Å²) in [5.74, 6) is 1.22. The maximum absolute atomic E-state index is 5.63. The minimum Gasteiger partial charge on any atom is -0.338 e. The fraction of sp³-hybridized carbons (Fsp3) is 0.263. The molecule has 0 amide bonds. The Hall–Kier alpha value is -2.17. The van der Waals surface area contributed by atoms with Crippen LogP contribution in [0.3, 0.4) is 0 Å². The number of aromatic nitrogens is 2. The van der Waals surface area contributed by atoms with Gasteiger partial charge in [-0.2, -0.15) is 4.98 Å². The van der Waals surface area contributed by atoms with E-state index in [0.717, 1.165) is 11.1 Å². The Kier molecular flexibility index (Phi) is 5.42. The Bertz CT molecular complexity index is 809. The van der Waals surface area contributed by atoms with Gasteiger partial charge in [-0.25, -0.2) is 0 Å². The molecule has 0 spiro atoms. The molecule has 3 aromatic rings. The molecule has 1 heterocycles. The molecule has 2 N–H and O–H groups in total. The average Bonchev–Trinajstić information content (AvgIpc) is 3.06. The lowest BCUT2D eigenvalue weighted by atomic mass is 9.82. The molecule has 0 aliphatic rings. The van der Waals surface area contributed by atoms with Crippen molar-refractivity contribution >= 4 is 12.4 Å². The molecule has 0 radical (unpaired) electrons. The Morgan fingerprint density at radius 2 is 1.71 bits per heavy atom. The van der Waals surface area contributed by atoms with Crippen molar-refractivity contribution in [2.45, 2.75) is 32.7 Å². The predicted octanol–water partition coefficient (Wildman–Crippen LogP) is 4.25. The maximum atomic E-state index is 5.63. The van der Waals surface area contributed by atoms with Crippen molar-refractivity contribution in [3.8, 4) is 11.4 Å². The van der Waals surface area contributed by atoms with Crippen LogP contribution in [0.4, 0.5) is 0 Å². The smallest absolute Gasteiger partial charge is 0.237 e. The van der Waals surface area contributed by atoms with Crippen molar-refractivity contribution in [3.05, 3.63) is 71.1 Å². The molecule has 0 fully saturated rings. The van der Waals surface area contributed by atoms with E-state index >= 15 is 0 Å². The quantitative estimate of drug-likeness (QED) is 0.769. The SMILES string of the molecule is Cc1ccccc1C(C)(C)c1nc(-c2ccc(CN)cc2)no1.Cl. The summed E-state index contributed by atoms with van der Waals surface area (Å²) in [6.45, 7) is 6.83. The Morgan fingerprint density at radius 1 is 1.04 bits per heavy atom. The highest BCUT2D eigenvalue weighted by atomic mass is 35.5. The van der Waals surface area contributed by atoms with Crippen LogP contribution in [0.2, 0.25) is 0 Å². The first-order chi connectivity index (χ1) is 11.0. The van der Waals surface area contributed by atoms with Crippen LogP contribution < -0.4 is 5.73 Å². The molecular formula is C19H22ClN3O. The molecule has 2 aromatic carbocycles. The number of nitrogens with zero attached hydrogens (tertiary/aromatic N) is 2. The van der Waals surface area contributed by atoms with E-state index in [1.165, 1.54) is 11.1 Å². The number of benzene rings is 2. The molecular weight excluding hydrogens is 322 g/mol. The summed E-state index contributed by atoms with van der Waals surface area (Å²) in [6, 6.07) is 16.2. The van der Waals surface area contributed by atoms with E-state index in [-0.39, 0.29) is 17.8 Å². The van der Waals surface area contributed by atoms with Gasteiger partial charge >= 0.3 is 0 Å². The maximum Gasteiger partial charge on any atom is 0.237 e. The monoisotopic (exact) mass is 343 g/mol. The van der Waals surface area contributed by atoms with Crippen LogP contribution in [0.25, 0.3) is 11.4 Å². The molecule has 126 valence electrons. The largest absolute Gasteiger partial charge is 0.338 e. The van der Waals surface area contributed by atoms with Gasteiger partial charge in [0.15, 0.2) is 0 Å². The van der Waals surface area contributed by atoms with Crippen LogP contribution in [-0.4, -0.2) is 10.1 Å². The second kappa shape index (κ2) is 7.16. The summed E-state index contributed by atoms with van der Waals surface area (Å²) in [7, 11) is 0. The molecule has 1 aromatic heterocycles. The molecule has 5 heteroatoms. The second-order valence-corrected chi connectivity index (χ2v) is 6.26. The Morgan fingerprint density at radius 3 is 2.33 bits per heavy atom. The zero-order chi connectivity index (χ0) is 16.4. The number of hydrogen-bond donors (Lipinski definition) is 1. The fourth-order valence-electron chi connectivity index (χ4n) is 2.77. The zero-order valence-corrected chi connectivity index (χ0v) is 14.9. The summed E-state index contributed by atoms with van der Waals surface area (Å²) < 4.78 is 5.56. The lowest BCUT2D eigenvalue weighted by Gasteiger charge is -2.22. The van der Waals surface area contributed by atoms with E-state index in [1.54, 1.807) is 0 Å². The van der Waals surface area contributed by atoms with Crippen LogP contribution in [0.5, 0.6) is 0 Å². The summed E-state index contributed by atoms with van der Waals surface area (Å²) in [5, 5.41) is 4.15. The lowest BCUT2D eigenvalue weighted by molar-refractivity contribution is 0.332. The van der Waals surface area contributed by atoms with Crippen molar-refractivity contribution < 1.29 is 4.52 Å². The third-order valence-corrected chi connectivity index (χ3v) is 4.23. The first kappa shape index (κ1) is 18.2. The minimum atomic E-state index is -0.339. The topological polar surface area (TPSA) is 64.9 Å². The van der Waals surface area contributed by atoms with Crippen molar-refractivity contribution in [2.75, 3.05) is 0 Å². The summed E-state index contributed by atoms with van der Waals surface area (Å²) in [5.41, 5.74) is 9.70. The number of halogens is 1. The highest BCUT2D eigenvalue weighted by Gasteiger charge is 2.31. The van der Waals surface area contributed by atoms with Crippen LogP contribution in [0.1, 0.15) is 36.4 Å². The molecule has 0 saturated heterocycles. The number of nitrogens with two attached hydrogens (primary N) is 1. The van der Waals surface area contributed by atoms with Crippen LogP contribution in [0, 0.1) is 6.92 Å². The first-order valence-corrected chi connectivity index (χ1v) is 7.72. The molecule has 24 heavy (non-hydrogen) atoms. The van der Waals surface area contributed by atoms with E-state index < -0.39 is 0 Å². The molecule has 3 rings (SSSR count). The fourth-order valence-corrected chi connectivity index (χ4v) is 2.77. The van der Waals surface area contributed by atoms with Gasteiger partial charge in [0.2, 0.25) is 11.7 Å². The van der Waals surface area contributed by atoms with Crippen molar-refractivity contribution in [2.24, 2.45) is 5.73 Å². The van der Waals surface area contributed by atoms with Gasteiger partial charge in [-0.15, -0.1) is 12.4 Å². The molecule has 0 aliphatic carbocycles. The number of aryl methyl sites for hydroxylation is 1. The molecule has 0 atom stereocenters. The van der Waals surface area contributed by atoms with Gasteiger partial charge in [0, 0.05) is 12.1 Å². The van der Waals surface area contributed by atoms with Gasteiger partial charge < -0.3 is 10.3 Å². The van der Waals surface area contributed by atoms with Gasteiger partial charge in [-0.05, 0) is 37.5 Å². The third kappa shape index (κ3) is 3.35. The van der Waals surface area contributed by atoms with Crippen molar-refractivity contribution in [3.63, 3.8) is 0 Å². The molecule has 0 aliphatic heterocycles. The van der Waals surface area contributed by atoms with Gasteiger partial charge in [0.05, 0.1) is 5.41 Å². The van der Waals surface area contributed by atoms with Crippen LogP contribution in [-0.2, 0) is 12.0 Å². The van der Waals surface area contributed by atoms with E-state index in [9.17, 15) is 0 Å². The van der Waals surface area contributed by atoms with Crippen LogP contribution >= 0.6 is 12.4 Å². The van der Waals surface area contributed by atoms with E-state index in [2.05, 4.69) is 43.0 Å². The summed E-state index contributed by atoms with van der Waals surface area (Å²) in [4.78, 5) is 4.62. The lowest BCUT2D eigenvalue weighted by Crippen LogP contribution is -2.20. The van der Waals surface area contributed by atoms with Gasteiger partial charge in [0.1, 0.15) is 0 Å². The van der Waals surface area contributed by atoms with Gasteiger partial charge in [-0.1, -0.05) is 53.7 Å². The highest BCUT2D eigenvalue weighted by Crippen LogP contribution is 2.33. The molecule has 0 saturated carbocycles. The van der Waals surface area contributed by atoms with E-state index in [0.29, 0.717) is 18.3 Å². The van der Waals surface area contributed by atoms with Crippen molar-refractivity contribution in [1.29, 1.82) is 0 Å². The summed E-state index contributed by atoms with van der Waals surface area (Å²) in [6.07, 6.45) is 0.